The zero-order valence-electron chi connectivity index (χ0n) is 9.71. The van der Waals surface area contributed by atoms with Crippen LogP contribution >= 0.6 is 11.5 Å². The third-order valence-electron chi connectivity index (χ3n) is 2.14. The average Bonchev–Trinajstić information content (AvgIpc) is 2.64. The van der Waals surface area contributed by atoms with Crippen LogP contribution in [0.3, 0.4) is 0 Å². The summed E-state index contributed by atoms with van der Waals surface area (Å²) in [7, 11) is 1.54. The van der Waals surface area contributed by atoms with Gasteiger partial charge in [-0.05, 0) is 5.92 Å². The first-order valence-corrected chi connectivity index (χ1v) is 5.78. The molecule has 8 heteroatoms. The quantitative estimate of drug-likeness (QED) is 0.892. The summed E-state index contributed by atoms with van der Waals surface area (Å²) in [5, 5.41) is 3.05. The highest BCUT2D eigenvalue weighted by atomic mass is 32.1. The van der Waals surface area contributed by atoms with Crippen molar-refractivity contribution < 1.29 is 17.9 Å². The van der Waals surface area contributed by atoms with E-state index in [0.29, 0.717) is 18.1 Å². The predicted octanol–water partition coefficient (Wildman–Crippen LogP) is 2.64. The fourth-order valence-electron chi connectivity index (χ4n) is 1.14. The van der Waals surface area contributed by atoms with Gasteiger partial charge in [0.2, 0.25) is 11.0 Å². The van der Waals surface area contributed by atoms with E-state index in [1.807, 2.05) is 13.8 Å². The van der Waals surface area contributed by atoms with Gasteiger partial charge in [0, 0.05) is 18.6 Å². The van der Waals surface area contributed by atoms with Crippen molar-refractivity contribution >= 4 is 16.7 Å². The van der Waals surface area contributed by atoms with Crippen molar-refractivity contribution in [3.63, 3.8) is 0 Å². The second-order valence-corrected chi connectivity index (χ2v) is 4.62. The third-order valence-corrected chi connectivity index (χ3v) is 2.79. The molecule has 1 rings (SSSR count). The summed E-state index contributed by atoms with van der Waals surface area (Å²) in [4.78, 5) is 3.40. The van der Waals surface area contributed by atoms with Gasteiger partial charge in [-0.1, -0.05) is 13.8 Å². The van der Waals surface area contributed by atoms with E-state index in [1.165, 1.54) is 7.11 Å². The smallest absolute Gasteiger partial charge is 0.383 e. The molecule has 1 unspecified atom stereocenters. The van der Waals surface area contributed by atoms with E-state index >= 15 is 0 Å². The molecule has 4 nitrogen and oxygen atoms in total. The molecule has 1 aromatic heterocycles. The van der Waals surface area contributed by atoms with Crippen LogP contribution in [-0.4, -0.2) is 29.1 Å². The van der Waals surface area contributed by atoms with E-state index in [-0.39, 0.29) is 17.1 Å². The van der Waals surface area contributed by atoms with Gasteiger partial charge in [-0.3, -0.25) is 0 Å². The molecule has 98 valence electrons. The maximum atomic E-state index is 12.3. The standard InChI is InChI=1S/C9H14F3N3OS/c1-5(2)6(4-16-3)13-8-14-7(15-17-8)9(10,11)12/h5-6H,4H2,1-3H3,(H,13,14,15). The highest BCUT2D eigenvalue weighted by Gasteiger charge is 2.36. The second-order valence-electron chi connectivity index (χ2n) is 3.87. The molecular weight excluding hydrogens is 255 g/mol. The summed E-state index contributed by atoms with van der Waals surface area (Å²) in [6, 6.07) is -0.0889. The Hall–Kier alpha value is -0.890. The number of alkyl halides is 3. The van der Waals surface area contributed by atoms with Gasteiger partial charge in [-0.2, -0.15) is 22.5 Å². The lowest BCUT2D eigenvalue weighted by molar-refractivity contribution is -0.144. The molecule has 1 heterocycles. The Kier molecular flexibility index (Phi) is 4.70. The van der Waals surface area contributed by atoms with Gasteiger partial charge in [0.1, 0.15) is 0 Å². The first-order chi connectivity index (χ1) is 7.84. The van der Waals surface area contributed by atoms with Gasteiger partial charge >= 0.3 is 6.18 Å². The van der Waals surface area contributed by atoms with Gasteiger partial charge in [-0.25, -0.2) is 0 Å². The molecular formula is C9H14F3N3OS. The molecule has 0 amide bonds. The number of nitrogens with zero attached hydrogens (tertiary/aromatic N) is 2. The van der Waals surface area contributed by atoms with E-state index in [4.69, 9.17) is 4.74 Å². The highest BCUT2D eigenvalue weighted by molar-refractivity contribution is 7.09. The lowest BCUT2D eigenvalue weighted by Gasteiger charge is -2.20. The molecule has 1 aromatic rings. The maximum Gasteiger partial charge on any atom is 0.452 e. The third kappa shape index (κ3) is 4.12. The second kappa shape index (κ2) is 5.63. The minimum Gasteiger partial charge on any atom is -0.383 e. The molecule has 0 aliphatic rings. The summed E-state index contributed by atoms with van der Waals surface area (Å²) in [6.45, 7) is 4.30. The van der Waals surface area contributed by atoms with Gasteiger partial charge in [0.25, 0.3) is 0 Å². The Morgan fingerprint density at radius 1 is 1.41 bits per heavy atom. The van der Waals surface area contributed by atoms with Gasteiger partial charge < -0.3 is 10.1 Å². The van der Waals surface area contributed by atoms with Crippen LogP contribution in [0.25, 0.3) is 0 Å². The molecule has 0 fully saturated rings. The lowest BCUT2D eigenvalue weighted by atomic mass is 10.1. The largest absolute Gasteiger partial charge is 0.452 e. The lowest BCUT2D eigenvalue weighted by Crippen LogP contribution is -2.30. The molecule has 0 saturated carbocycles. The van der Waals surface area contributed by atoms with E-state index in [1.54, 1.807) is 0 Å². The minimum absolute atomic E-state index is 0.0889. The highest BCUT2D eigenvalue weighted by Crippen LogP contribution is 2.29. The Balaban J connectivity index is 2.70. The minimum atomic E-state index is -4.50. The maximum absolute atomic E-state index is 12.3. The Labute approximate surface area is 101 Å². The Bertz CT molecular complexity index is 354. The number of aromatic nitrogens is 2. The van der Waals surface area contributed by atoms with Crippen LogP contribution in [0.4, 0.5) is 18.3 Å². The Morgan fingerprint density at radius 3 is 2.47 bits per heavy atom. The fourth-order valence-corrected chi connectivity index (χ4v) is 1.78. The molecule has 17 heavy (non-hydrogen) atoms. The van der Waals surface area contributed by atoms with Crippen molar-refractivity contribution in [2.24, 2.45) is 5.92 Å². The van der Waals surface area contributed by atoms with E-state index in [0.717, 1.165) is 0 Å². The van der Waals surface area contributed by atoms with Crippen molar-refractivity contribution in [3.05, 3.63) is 5.82 Å². The molecule has 0 aliphatic carbocycles. The van der Waals surface area contributed by atoms with Crippen LogP contribution in [-0.2, 0) is 10.9 Å². The van der Waals surface area contributed by atoms with Crippen LogP contribution in [0.2, 0.25) is 0 Å². The molecule has 0 spiro atoms. The van der Waals surface area contributed by atoms with E-state index in [9.17, 15) is 13.2 Å². The summed E-state index contributed by atoms with van der Waals surface area (Å²) in [5.74, 6) is -0.891. The monoisotopic (exact) mass is 269 g/mol. The van der Waals surface area contributed by atoms with Crippen molar-refractivity contribution in [2.45, 2.75) is 26.1 Å². The molecule has 0 saturated heterocycles. The number of methoxy groups -OCH3 is 1. The van der Waals surface area contributed by atoms with Crippen molar-refractivity contribution in [1.82, 2.24) is 9.36 Å². The van der Waals surface area contributed by atoms with Crippen LogP contribution in [0, 0.1) is 5.92 Å². The summed E-state index contributed by atoms with van der Waals surface area (Å²) in [5.41, 5.74) is 0. The molecule has 0 aromatic carbocycles. The van der Waals surface area contributed by atoms with Gasteiger partial charge in [0.05, 0.1) is 12.6 Å². The average molecular weight is 269 g/mol. The van der Waals surface area contributed by atoms with Crippen LogP contribution < -0.4 is 5.32 Å². The van der Waals surface area contributed by atoms with Crippen molar-refractivity contribution in [2.75, 3.05) is 19.0 Å². The number of rotatable bonds is 5. The van der Waals surface area contributed by atoms with Crippen molar-refractivity contribution in [3.8, 4) is 0 Å². The van der Waals surface area contributed by atoms with Crippen LogP contribution in [0.5, 0.6) is 0 Å². The summed E-state index contributed by atoms with van der Waals surface area (Å²) < 4.78 is 45.1. The van der Waals surface area contributed by atoms with Crippen LogP contribution in [0.1, 0.15) is 19.7 Å². The summed E-state index contributed by atoms with van der Waals surface area (Å²) >= 11 is 0.700. The first kappa shape index (κ1) is 14.2. The molecule has 1 atom stereocenters. The number of hydrogen-bond donors (Lipinski definition) is 1. The normalized spacial score (nSPS) is 14.1. The fraction of sp³-hybridized carbons (Fsp3) is 0.778. The number of hydrogen-bond acceptors (Lipinski definition) is 5. The number of halogens is 3. The number of nitrogens with one attached hydrogen (secondary N) is 1. The van der Waals surface area contributed by atoms with E-state index in [2.05, 4.69) is 14.7 Å². The van der Waals surface area contributed by atoms with Gasteiger partial charge in [-0.15, -0.1) is 0 Å². The molecule has 0 aliphatic heterocycles. The Morgan fingerprint density at radius 2 is 2.06 bits per heavy atom. The predicted molar refractivity (Wildman–Crippen MR) is 59.0 cm³/mol. The molecule has 0 radical (unpaired) electrons. The first-order valence-electron chi connectivity index (χ1n) is 5.01. The number of ether oxygens (including phenoxy) is 1. The van der Waals surface area contributed by atoms with E-state index < -0.39 is 12.0 Å². The molecule has 1 N–H and O–H groups in total. The zero-order valence-corrected chi connectivity index (χ0v) is 10.5. The van der Waals surface area contributed by atoms with Gasteiger partial charge in [0.15, 0.2) is 0 Å². The SMILES string of the molecule is COCC(Nc1nc(C(F)(F)F)ns1)C(C)C. The van der Waals surface area contributed by atoms with Crippen LogP contribution in [0.15, 0.2) is 0 Å². The summed E-state index contributed by atoms with van der Waals surface area (Å²) in [6.07, 6.45) is -4.50. The van der Waals surface area contributed by atoms with Crippen molar-refractivity contribution in [1.29, 1.82) is 0 Å². The zero-order chi connectivity index (χ0) is 13.1. The number of anilines is 1. The topological polar surface area (TPSA) is 47.0 Å². The molecule has 0 bridgehead atoms.